The molecule has 0 aliphatic carbocycles. The number of carbonyl (C=O) groups excluding carboxylic acids is 2. The number of para-hydroxylation sites is 1. The first-order valence-corrected chi connectivity index (χ1v) is 7.57. The molecule has 1 amide bonds. The van der Waals surface area contributed by atoms with Gasteiger partial charge in [0, 0.05) is 12.1 Å². The molecule has 1 heterocycles. The van der Waals surface area contributed by atoms with Crippen molar-refractivity contribution in [1.82, 2.24) is 5.32 Å². The second kappa shape index (κ2) is 7.32. The number of amides is 1. The van der Waals surface area contributed by atoms with Crippen molar-refractivity contribution in [3.05, 3.63) is 66.2 Å². The zero-order valence-corrected chi connectivity index (χ0v) is 12.9. The Morgan fingerprint density at radius 2 is 1.71 bits per heavy atom. The first-order valence-electron chi connectivity index (χ1n) is 7.57. The molecular formula is C18H16N4O2. The molecule has 120 valence electrons. The Morgan fingerprint density at radius 3 is 2.38 bits per heavy atom. The number of nitrogens with one attached hydrogen (secondary N) is 2. The Bertz CT molecular complexity index is 798. The van der Waals surface area contributed by atoms with Crippen LogP contribution in [0.2, 0.25) is 0 Å². The Kier molecular flexibility index (Phi) is 4.76. The van der Waals surface area contributed by atoms with Gasteiger partial charge in [0.1, 0.15) is 0 Å². The average molecular weight is 320 g/mol. The van der Waals surface area contributed by atoms with E-state index in [0.717, 1.165) is 0 Å². The number of Topliss-reactive ketones (excluding diaryl/α,β-unsaturated/α-hetero) is 1. The van der Waals surface area contributed by atoms with Gasteiger partial charge in [-0.15, -0.1) is 0 Å². The SMILES string of the molecule is O=C1NCCN=C1/C(=N\Nc1ccccc1)C(=O)c1ccccc1. The Hall–Kier alpha value is -3.28. The van der Waals surface area contributed by atoms with Gasteiger partial charge in [-0.3, -0.25) is 20.0 Å². The van der Waals surface area contributed by atoms with Crippen LogP contribution in [0.25, 0.3) is 0 Å². The molecule has 6 heteroatoms. The number of anilines is 1. The van der Waals surface area contributed by atoms with E-state index in [9.17, 15) is 9.59 Å². The topological polar surface area (TPSA) is 82.9 Å². The minimum Gasteiger partial charge on any atom is -0.349 e. The molecule has 0 atom stereocenters. The number of hydrazone groups is 1. The van der Waals surface area contributed by atoms with E-state index in [1.807, 2.05) is 36.4 Å². The molecule has 1 aliphatic rings. The maximum atomic E-state index is 12.8. The first kappa shape index (κ1) is 15.6. The summed E-state index contributed by atoms with van der Waals surface area (Å²) in [5.41, 5.74) is 4.04. The van der Waals surface area contributed by atoms with Gasteiger partial charge in [0.05, 0.1) is 12.2 Å². The second-order valence-corrected chi connectivity index (χ2v) is 5.12. The molecule has 24 heavy (non-hydrogen) atoms. The zero-order valence-electron chi connectivity index (χ0n) is 12.9. The van der Waals surface area contributed by atoms with Gasteiger partial charge in [0.25, 0.3) is 5.91 Å². The van der Waals surface area contributed by atoms with Crippen LogP contribution >= 0.6 is 0 Å². The van der Waals surface area contributed by atoms with Crippen molar-refractivity contribution in [1.29, 1.82) is 0 Å². The first-order chi connectivity index (χ1) is 11.8. The van der Waals surface area contributed by atoms with Crippen molar-refractivity contribution in [3.8, 4) is 0 Å². The number of carbonyl (C=O) groups is 2. The molecule has 0 radical (unpaired) electrons. The molecule has 1 aliphatic heterocycles. The van der Waals surface area contributed by atoms with Crippen molar-refractivity contribution in [2.24, 2.45) is 10.1 Å². The van der Waals surface area contributed by atoms with Crippen LogP contribution in [0.3, 0.4) is 0 Å². The summed E-state index contributed by atoms with van der Waals surface area (Å²) >= 11 is 0. The standard InChI is InChI=1S/C18H16N4O2/c23-17(13-7-3-1-4-8-13)15(16-18(24)20-12-11-19-16)22-21-14-9-5-2-6-10-14/h1-10,21H,11-12H2,(H,20,24)/b22-15+. The highest BCUT2D eigenvalue weighted by Crippen LogP contribution is 2.08. The molecular weight excluding hydrogens is 304 g/mol. The Balaban J connectivity index is 1.96. The van der Waals surface area contributed by atoms with Gasteiger partial charge in [0.15, 0.2) is 11.4 Å². The quantitative estimate of drug-likeness (QED) is 0.501. The van der Waals surface area contributed by atoms with E-state index in [0.29, 0.717) is 24.3 Å². The molecule has 2 aromatic rings. The minimum atomic E-state index is -0.390. The number of hydrogen-bond donors (Lipinski definition) is 2. The number of nitrogens with zero attached hydrogens (tertiary/aromatic N) is 2. The van der Waals surface area contributed by atoms with Gasteiger partial charge in [-0.1, -0.05) is 48.5 Å². The summed E-state index contributed by atoms with van der Waals surface area (Å²) < 4.78 is 0. The van der Waals surface area contributed by atoms with Crippen LogP contribution in [-0.4, -0.2) is 36.2 Å². The number of aliphatic imine (C=N–C) groups is 1. The van der Waals surface area contributed by atoms with Gasteiger partial charge in [-0.2, -0.15) is 5.10 Å². The van der Waals surface area contributed by atoms with Gasteiger partial charge < -0.3 is 5.32 Å². The lowest BCUT2D eigenvalue weighted by molar-refractivity contribution is -0.114. The summed E-state index contributed by atoms with van der Waals surface area (Å²) in [7, 11) is 0. The van der Waals surface area contributed by atoms with Crippen molar-refractivity contribution >= 4 is 28.8 Å². The average Bonchev–Trinajstić information content (AvgIpc) is 2.64. The lowest BCUT2D eigenvalue weighted by Gasteiger charge is -2.14. The molecule has 0 fully saturated rings. The molecule has 3 rings (SSSR count). The third-order valence-corrected chi connectivity index (χ3v) is 3.43. The highest BCUT2D eigenvalue weighted by molar-refractivity contribution is 6.82. The predicted molar refractivity (Wildman–Crippen MR) is 93.6 cm³/mol. The van der Waals surface area contributed by atoms with E-state index in [4.69, 9.17) is 0 Å². The largest absolute Gasteiger partial charge is 0.349 e. The van der Waals surface area contributed by atoms with Crippen molar-refractivity contribution in [3.63, 3.8) is 0 Å². The summed E-state index contributed by atoms with van der Waals surface area (Å²) in [5, 5.41) is 6.86. The van der Waals surface area contributed by atoms with Gasteiger partial charge in [-0.25, -0.2) is 0 Å². The minimum absolute atomic E-state index is 0.00209. The second-order valence-electron chi connectivity index (χ2n) is 5.12. The highest BCUT2D eigenvalue weighted by Gasteiger charge is 2.27. The van der Waals surface area contributed by atoms with E-state index in [2.05, 4.69) is 20.8 Å². The summed E-state index contributed by atoms with van der Waals surface area (Å²) in [6.07, 6.45) is 0. The third-order valence-electron chi connectivity index (χ3n) is 3.43. The normalized spacial score (nSPS) is 14.6. The number of benzene rings is 2. The third kappa shape index (κ3) is 3.55. The van der Waals surface area contributed by atoms with Crippen LogP contribution < -0.4 is 10.7 Å². The maximum Gasteiger partial charge on any atom is 0.271 e. The van der Waals surface area contributed by atoms with Crippen LogP contribution in [-0.2, 0) is 4.79 Å². The van der Waals surface area contributed by atoms with Crippen LogP contribution in [0.5, 0.6) is 0 Å². The summed E-state index contributed by atoms with van der Waals surface area (Å²) in [6.45, 7) is 0.884. The monoisotopic (exact) mass is 320 g/mol. The van der Waals surface area contributed by atoms with Gasteiger partial charge in [-0.05, 0) is 12.1 Å². The van der Waals surface area contributed by atoms with E-state index < -0.39 is 0 Å². The predicted octanol–water partition coefficient (Wildman–Crippen LogP) is 1.91. The van der Waals surface area contributed by atoms with E-state index in [1.54, 1.807) is 24.3 Å². The molecule has 2 aromatic carbocycles. The number of ketones is 1. The van der Waals surface area contributed by atoms with E-state index in [1.165, 1.54) is 0 Å². The van der Waals surface area contributed by atoms with Gasteiger partial charge in [0.2, 0.25) is 5.78 Å². The van der Waals surface area contributed by atoms with Crippen LogP contribution in [0.1, 0.15) is 10.4 Å². The van der Waals surface area contributed by atoms with Crippen molar-refractivity contribution in [2.75, 3.05) is 18.5 Å². The molecule has 0 bridgehead atoms. The van der Waals surface area contributed by atoms with Crippen LogP contribution in [0, 0.1) is 0 Å². The fourth-order valence-electron chi connectivity index (χ4n) is 2.25. The summed E-state index contributed by atoms with van der Waals surface area (Å²) in [5.74, 6) is -0.742. The van der Waals surface area contributed by atoms with Crippen LogP contribution in [0.15, 0.2) is 70.8 Å². The molecule has 6 nitrogen and oxygen atoms in total. The maximum absolute atomic E-state index is 12.8. The van der Waals surface area contributed by atoms with Crippen LogP contribution in [0.4, 0.5) is 5.69 Å². The molecule has 0 saturated carbocycles. The van der Waals surface area contributed by atoms with Crippen molar-refractivity contribution < 1.29 is 9.59 Å². The number of rotatable bonds is 5. The summed E-state index contributed by atoms with van der Waals surface area (Å²) in [6, 6.07) is 17.9. The lowest BCUT2D eigenvalue weighted by Crippen LogP contribution is -2.44. The lowest BCUT2D eigenvalue weighted by atomic mass is 10.0. The zero-order chi connectivity index (χ0) is 16.8. The van der Waals surface area contributed by atoms with E-state index >= 15 is 0 Å². The highest BCUT2D eigenvalue weighted by atomic mass is 16.2. The molecule has 0 aromatic heterocycles. The Morgan fingerprint density at radius 1 is 1.04 bits per heavy atom. The van der Waals surface area contributed by atoms with Gasteiger partial charge >= 0.3 is 0 Å². The fraction of sp³-hybridized carbons (Fsp3) is 0.111. The molecule has 2 N–H and O–H groups in total. The Labute approximate surface area is 139 Å². The number of hydrogen-bond acceptors (Lipinski definition) is 5. The van der Waals surface area contributed by atoms with E-state index in [-0.39, 0.29) is 23.1 Å². The molecule has 0 saturated heterocycles. The fourth-order valence-corrected chi connectivity index (χ4v) is 2.25. The summed E-state index contributed by atoms with van der Waals surface area (Å²) in [4.78, 5) is 29.0. The molecule has 0 spiro atoms. The van der Waals surface area contributed by atoms with Crippen molar-refractivity contribution in [2.45, 2.75) is 0 Å². The smallest absolute Gasteiger partial charge is 0.271 e. The molecule has 0 unspecified atom stereocenters.